The third kappa shape index (κ3) is 4.58. The van der Waals surface area contributed by atoms with Crippen LogP contribution in [0.3, 0.4) is 0 Å². The Morgan fingerprint density at radius 3 is 2.60 bits per heavy atom. The summed E-state index contributed by atoms with van der Waals surface area (Å²) in [4.78, 5) is 21.6. The highest BCUT2D eigenvalue weighted by molar-refractivity contribution is 5.71. The zero-order valence-electron chi connectivity index (χ0n) is 11.6. The maximum Gasteiger partial charge on any atom is 0.308 e. The van der Waals surface area contributed by atoms with Crippen molar-refractivity contribution < 1.29 is 18.8 Å². The van der Waals surface area contributed by atoms with Crippen LogP contribution in [-0.4, -0.2) is 16.5 Å². The molecule has 1 rings (SSSR count). The monoisotopic (exact) mass is 284 g/mol. The zero-order valence-corrected chi connectivity index (χ0v) is 11.6. The topological polar surface area (TPSA) is 95.5 Å². The van der Waals surface area contributed by atoms with Gasteiger partial charge in [0.25, 0.3) is 5.69 Å². The van der Waals surface area contributed by atoms with Crippen molar-refractivity contribution in [1.82, 2.24) is 0 Å². The highest BCUT2D eigenvalue weighted by atomic mass is 19.1. The average Bonchev–Trinajstić information content (AvgIpc) is 2.26. The normalized spacial score (nSPS) is 12.8. The van der Waals surface area contributed by atoms with Gasteiger partial charge in [-0.25, -0.2) is 4.39 Å². The zero-order chi connectivity index (χ0) is 15.5. The number of nitrogens with two attached hydrogens (primary N) is 1. The number of hydrogen-bond donors (Lipinski definition) is 1. The molecule has 0 bridgehead atoms. The molecule has 0 heterocycles. The van der Waals surface area contributed by atoms with Gasteiger partial charge in [-0.05, 0) is 26.8 Å². The molecule has 0 aliphatic rings. The highest BCUT2D eigenvalue weighted by Gasteiger charge is 2.22. The van der Waals surface area contributed by atoms with Gasteiger partial charge >= 0.3 is 5.97 Å². The second-order valence-corrected chi connectivity index (χ2v) is 5.36. The first kappa shape index (κ1) is 16.0. The lowest BCUT2D eigenvalue weighted by Gasteiger charge is -2.21. The minimum atomic E-state index is -0.996. The summed E-state index contributed by atoms with van der Waals surface area (Å²) in [5.74, 6) is -1.28. The van der Waals surface area contributed by atoms with E-state index >= 15 is 0 Å². The minimum Gasteiger partial charge on any atom is -0.460 e. The molecule has 0 unspecified atom stereocenters. The smallest absolute Gasteiger partial charge is 0.308 e. The Labute approximate surface area is 115 Å². The van der Waals surface area contributed by atoms with E-state index in [1.165, 1.54) is 0 Å². The Morgan fingerprint density at radius 1 is 1.50 bits per heavy atom. The van der Waals surface area contributed by atoms with E-state index in [0.29, 0.717) is 0 Å². The molecule has 1 atom stereocenters. The van der Waals surface area contributed by atoms with Crippen LogP contribution in [0.2, 0.25) is 0 Å². The molecule has 1 aromatic rings. The maximum atomic E-state index is 13.6. The summed E-state index contributed by atoms with van der Waals surface area (Å²) in [6.45, 7) is 5.10. The van der Waals surface area contributed by atoms with Gasteiger partial charge in [-0.3, -0.25) is 14.9 Å². The third-order valence-electron chi connectivity index (χ3n) is 2.40. The van der Waals surface area contributed by atoms with Gasteiger partial charge in [0.1, 0.15) is 11.4 Å². The number of hydrogen-bond acceptors (Lipinski definition) is 5. The Balaban J connectivity index is 2.87. The fourth-order valence-corrected chi connectivity index (χ4v) is 1.60. The van der Waals surface area contributed by atoms with E-state index in [9.17, 15) is 19.3 Å². The Morgan fingerprint density at radius 2 is 2.10 bits per heavy atom. The number of carbonyl (C=O) groups excluding carboxylic acids is 1. The Kier molecular flexibility index (Phi) is 4.78. The van der Waals surface area contributed by atoms with Crippen LogP contribution in [0.25, 0.3) is 0 Å². The van der Waals surface area contributed by atoms with E-state index in [0.717, 1.165) is 18.2 Å². The van der Waals surface area contributed by atoms with E-state index in [1.807, 2.05) is 0 Å². The number of non-ortho nitro benzene ring substituents is 1. The van der Waals surface area contributed by atoms with Gasteiger partial charge in [-0.15, -0.1) is 0 Å². The summed E-state index contributed by atoms with van der Waals surface area (Å²) in [5.41, 5.74) is 4.70. The van der Waals surface area contributed by atoms with Gasteiger partial charge in [0.2, 0.25) is 0 Å². The molecule has 0 spiro atoms. The predicted octanol–water partition coefficient (Wildman–Crippen LogP) is 2.47. The number of benzene rings is 1. The molecule has 20 heavy (non-hydrogen) atoms. The molecular weight excluding hydrogens is 267 g/mol. The summed E-state index contributed by atoms with van der Waals surface area (Å²) in [5, 5.41) is 10.6. The molecule has 7 heteroatoms. The summed E-state index contributed by atoms with van der Waals surface area (Å²) in [6.07, 6.45) is -0.255. The quantitative estimate of drug-likeness (QED) is 0.520. The van der Waals surface area contributed by atoms with E-state index < -0.39 is 28.4 Å². The molecule has 6 nitrogen and oxygen atoms in total. The van der Waals surface area contributed by atoms with E-state index in [2.05, 4.69) is 0 Å². The molecular formula is C13H17FN2O4. The van der Waals surface area contributed by atoms with Gasteiger partial charge < -0.3 is 10.5 Å². The Hall–Kier alpha value is -2.02. The number of esters is 1. The second kappa shape index (κ2) is 5.96. The summed E-state index contributed by atoms with van der Waals surface area (Å²) in [7, 11) is 0. The number of ether oxygens (including phenoxy) is 1. The molecule has 0 saturated heterocycles. The second-order valence-electron chi connectivity index (χ2n) is 5.36. The SMILES string of the molecule is CC(C)(C)OC(=O)C[C@H](N)c1cc([N+](=O)[O-])ccc1F. The van der Waals surface area contributed by atoms with Crippen molar-refractivity contribution >= 4 is 11.7 Å². The molecule has 0 aliphatic heterocycles. The van der Waals surface area contributed by atoms with Crippen LogP contribution < -0.4 is 5.73 Å². The summed E-state index contributed by atoms with van der Waals surface area (Å²) >= 11 is 0. The van der Waals surface area contributed by atoms with Crippen LogP contribution in [0.1, 0.15) is 38.8 Å². The largest absolute Gasteiger partial charge is 0.460 e. The van der Waals surface area contributed by atoms with Crippen LogP contribution in [0.15, 0.2) is 18.2 Å². The fraction of sp³-hybridized carbons (Fsp3) is 0.462. The van der Waals surface area contributed by atoms with Gasteiger partial charge in [0, 0.05) is 23.7 Å². The van der Waals surface area contributed by atoms with E-state index in [-0.39, 0.29) is 17.7 Å². The molecule has 0 aliphatic carbocycles. The van der Waals surface area contributed by atoms with Crippen LogP contribution in [-0.2, 0) is 9.53 Å². The van der Waals surface area contributed by atoms with Crippen molar-refractivity contribution in [3.05, 3.63) is 39.7 Å². The average molecular weight is 284 g/mol. The number of nitrogens with zero attached hydrogens (tertiary/aromatic N) is 1. The molecule has 0 radical (unpaired) electrons. The molecule has 0 saturated carbocycles. The molecule has 1 aromatic carbocycles. The minimum absolute atomic E-state index is 0.0786. The van der Waals surface area contributed by atoms with Gasteiger partial charge in [-0.2, -0.15) is 0 Å². The van der Waals surface area contributed by atoms with Crippen molar-refractivity contribution in [2.45, 2.75) is 38.8 Å². The summed E-state index contributed by atoms with van der Waals surface area (Å²) < 4.78 is 18.7. The molecule has 0 aromatic heterocycles. The number of halogens is 1. The van der Waals surface area contributed by atoms with Crippen molar-refractivity contribution in [2.75, 3.05) is 0 Å². The van der Waals surface area contributed by atoms with Gasteiger partial charge in [-0.1, -0.05) is 0 Å². The number of nitro groups is 1. The first-order valence-corrected chi connectivity index (χ1v) is 6.01. The number of rotatable bonds is 4. The molecule has 110 valence electrons. The fourth-order valence-electron chi connectivity index (χ4n) is 1.60. The van der Waals surface area contributed by atoms with Crippen LogP contribution in [0, 0.1) is 15.9 Å². The predicted molar refractivity (Wildman–Crippen MR) is 70.4 cm³/mol. The Bertz CT molecular complexity index is 526. The summed E-state index contributed by atoms with van der Waals surface area (Å²) in [6, 6.07) is 2.04. The van der Waals surface area contributed by atoms with Crippen LogP contribution >= 0.6 is 0 Å². The van der Waals surface area contributed by atoms with Crippen molar-refractivity contribution in [2.24, 2.45) is 5.73 Å². The van der Waals surface area contributed by atoms with Crippen molar-refractivity contribution in [3.63, 3.8) is 0 Å². The van der Waals surface area contributed by atoms with E-state index in [4.69, 9.17) is 10.5 Å². The standard InChI is InChI=1S/C13H17FN2O4/c1-13(2,3)20-12(17)7-11(15)9-6-8(16(18)19)4-5-10(9)14/h4-6,11H,7,15H2,1-3H3/t11-/m0/s1. The highest BCUT2D eigenvalue weighted by Crippen LogP contribution is 2.24. The first-order chi connectivity index (χ1) is 9.10. The van der Waals surface area contributed by atoms with Crippen LogP contribution in [0.4, 0.5) is 10.1 Å². The lowest BCUT2D eigenvalue weighted by atomic mass is 10.0. The third-order valence-corrected chi connectivity index (χ3v) is 2.40. The first-order valence-electron chi connectivity index (χ1n) is 6.01. The van der Waals surface area contributed by atoms with Crippen molar-refractivity contribution in [1.29, 1.82) is 0 Å². The van der Waals surface area contributed by atoms with E-state index in [1.54, 1.807) is 20.8 Å². The number of carbonyl (C=O) groups is 1. The van der Waals surface area contributed by atoms with Gasteiger partial charge in [0.15, 0.2) is 0 Å². The maximum absolute atomic E-state index is 13.6. The lowest BCUT2D eigenvalue weighted by molar-refractivity contribution is -0.385. The van der Waals surface area contributed by atoms with Crippen LogP contribution in [0.5, 0.6) is 0 Å². The lowest BCUT2D eigenvalue weighted by Crippen LogP contribution is -2.26. The van der Waals surface area contributed by atoms with Gasteiger partial charge in [0.05, 0.1) is 11.3 Å². The number of nitro benzene ring substituents is 1. The molecule has 0 fully saturated rings. The van der Waals surface area contributed by atoms with Crippen molar-refractivity contribution in [3.8, 4) is 0 Å². The molecule has 2 N–H and O–H groups in total. The molecule has 0 amide bonds.